The highest BCUT2D eigenvalue weighted by molar-refractivity contribution is 5.83. The number of ether oxygens (including phenoxy) is 5. The number of nitrogens with zero attached hydrogens (tertiary/aromatic N) is 4. The third kappa shape index (κ3) is 17.2. The molecule has 0 saturated heterocycles. The number of nitrogens with two attached hydrogens (primary N) is 1. The maximum Gasteiger partial charge on any atom is 0.413 e. The number of hydrogen-bond acceptors (Lipinski definition) is 13. The van der Waals surface area contributed by atoms with Gasteiger partial charge in [-0.05, 0) is 133 Å². The zero-order valence-corrected chi connectivity index (χ0v) is 37.9. The summed E-state index contributed by atoms with van der Waals surface area (Å²) in [4.78, 5) is 51.9. The third-order valence-electron chi connectivity index (χ3n) is 8.69. The van der Waals surface area contributed by atoms with Gasteiger partial charge in [-0.2, -0.15) is 0 Å². The van der Waals surface area contributed by atoms with Gasteiger partial charge in [0.25, 0.3) is 0 Å². The number of carbonyl (C=O) groups excluding carboxylic acids is 3. The van der Waals surface area contributed by atoms with E-state index in [-0.39, 0.29) is 24.0 Å². The minimum atomic E-state index is -0.637. The molecule has 0 unspecified atom stereocenters. The highest BCUT2D eigenvalue weighted by Crippen LogP contribution is 2.29. The molecule has 4 aromatic rings. The molecule has 0 fully saturated rings. The van der Waals surface area contributed by atoms with E-state index in [1.807, 2.05) is 84.9 Å². The zero-order chi connectivity index (χ0) is 45.5. The standard InChI is InChI=1S/C25H36N4O5.C20H28N4O3/c1-16(2)14-25(7,29-23(31)34-24(4,5)6)15-33-20-10-9-18(13-17(20)3)19-11-12-26-21(27-19)28-22(30)32-8;1-13(2)11-20(4,21)12-27-17-7-6-15(10-14(17)3)16-8-9-22-18(23-16)24-19(25)26-5/h9-13,16H,14-15H2,1-8H3,(H,29,31)(H,26,27,28,30);6-10,13H,11-12,21H2,1-5H3,(H,22,23,24,25)/t25-;20-/m00/s1. The summed E-state index contributed by atoms with van der Waals surface area (Å²) in [6.07, 6.45) is 3.04. The number of nitrogens with one attached hydrogen (secondary N) is 3. The normalized spacial score (nSPS) is 13.1. The van der Waals surface area contributed by atoms with Crippen LogP contribution < -0.4 is 31.2 Å². The van der Waals surface area contributed by atoms with Gasteiger partial charge in [-0.3, -0.25) is 10.6 Å². The van der Waals surface area contributed by atoms with Crippen molar-refractivity contribution in [2.75, 3.05) is 38.1 Å². The van der Waals surface area contributed by atoms with Gasteiger partial charge in [0.15, 0.2) is 0 Å². The molecule has 2 heterocycles. The first-order valence-electron chi connectivity index (χ1n) is 20.1. The highest BCUT2D eigenvalue weighted by atomic mass is 16.6. The van der Waals surface area contributed by atoms with Crippen LogP contribution in [0.4, 0.5) is 26.3 Å². The van der Waals surface area contributed by atoms with Crippen LogP contribution in [0, 0.1) is 25.7 Å². The lowest BCUT2D eigenvalue weighted by atomic mass is 9.91. The number of methoxy groups -OCH3 is 2. The molecule has 61 heavy (non-hydrogen) atoms. The number of carbonyl (C=O) groups is 3. The first kappa shape index (κ1) is 49.3. The summed E-state index contributed by atoms with van der Waals surface area (Å²) in [5.41, 5.74) is 9.72. The Kier molecular flexibility index (Phi) is 17.8. The highest BCUT2D eigenvalue weighted by Gasteiger charge is 2.31. The van der Waals surface area contributed by atoms with Crippen molar-refractivity contribution in [3.8, 4) is 34.0 Å². The van der Waals surface area contributed by atoms with Gasteiger partial charge in [0.05, 0.1) is 31.1 Å². The minimum Gasteiger partial charge on any atom is -0.491 e. The predicted octanol–water partition coefficient (Wildman–Crippen LogP) is 9.11. The molecule has 0 spiro atoms. The summed E-state index contributed by atoms with van der Waals surface area (Å²) in [6.45, 7) is 22.6. The van der Waals surface area contributed by atoms with E-state index in [0.717, 1.165) is 40.8 Å². The lowest BCUT2D eigenvalue weighted by Gasteiger charge is -2.33. The van der Waals surface area contributed by atoms with E-state index in [1.165, 1.54) is 14.2 Å². The van der Waals surface area contributed by atoms with Crippen molar-refractivity contribution in [1.82, 2.24) is 25.3 Å². The Morgan fingerprint density at radius 1 is 0.656 bits per heavy atom. The topological polar surface area (TPSA) is 211 Å². The molecule has 0 aliphatic rings. The molecule has 3 amide bonds. The molecule has 2 atom stereocenters. The number of aryl methyl sites for hydroxylation is 2. The molecule has 0 aliphatic heterocycles. The van der Waals surface area contributed by atoms with Crippen molar-refractivity contribution in [2.24, 2.45) is 17.6 Å². The molecule has 0 bridgehead atoms. The number of alkyl carbamates (subject to hydrolysis) is 1. The molecule has 16 heteroatoms. The van der Waals surface area contributed by atoms with Crippen molar-refractivity contribution < 1.29 is 38.1 Å². The van der Waals surface area contributed by atoms with Crippen molar-refractivity contribution in [1.29, 1.82) is 0 Å². The number of anilines is 2. The second-order valence-corrected chi connectivity index (χ2v) is 17.3. The Morgan fingerprint density at radius 2 is 1.10 bits per heavy atom. The van der Waals surface area contributed by atoms with E-state index in [9.17, 15) is 14.4 Å². The molecular formula is C45H64N8O8. The molecule has 0 aliphatic carbocycles. The van der Waals surface area contributed by atoms with Crippen LogP contribution in [0.1, 0.15) is 86.3 Å². The van der Waals surface area contributed by atoms with Crippen molar-refractivity contribution >= 4 is 30.2 Å². The number of hydrogen-bond donors (Lipinski definition) is 4. The van der Waals surface area contributed by atoms with Crippen LogP contribution in [0.5, 0.6) is 11.5 Å². The maximum atomic E-state index is 12.4. The Balaban J connectivity index is 0.000000334. The van der Waals surface area contributed by atoms with Gasteiger partial charge in [0, 0.05) is 29.1 Å². The van der Waals surface area contributed by atoms with E-state index in [2.05, 4.69) is 73.1 Å². The summed E-state index contributed by atoms with van der Waals surface area (Å²) in [7, 11) is 2.56. The van der Waals surface area contributed by atoms with Crippen LogP contribution >= 0.6 is 0 Å². The Hall–Kier alpha value is -6.03. The van der Waals surface area contributed by atoms with Gasteiger partial charge in [-0.25, -0.2) is 34.3 Å². The molecule has 0 radical (unpaired) electrons. The summed E-state index contributed by atoms with van der Waals surface area (Å²) in [6, 6.07) is 15.0. The smallest absolute Gasteiger partial charge is 0.413 e. The molecule has 332 valence electrons. The largest absolute Gasteiger partial charge is 0.491 e. The SMILES string of the molecule is COC(=O)Nc1nccc(-c2ccc(OC[C@@](C)(N)CC(C)C)c(C)c2)n1.COC(=O)Nc1nccc(-c2ccc(OC[C@](C)(CC(C)C)NC(=O)OC(C)(C)C)c(C)c2)n1. The van der Waals surface area contributed by atoms with Gasteiger partial charge >= 0.3 is 18.3 Å². The summed E-state index contributed by atoms with van der Waals surface area (Å²) >= 11 is 0. The maximum absolute atomic E-state index is 12.4. The lowest BCUT2D eigenvalue weighted by Crippen LogP contribution is -2.52. The summed E-state index contributed by atoms with van der Waals surface area (Å²) < 4.78 is 26.7. The lowest BCUT2D eigenvalue weighted by molar-refractivity contribution is 0.0407. The number of rotatable bonds is 15. The third-order valence-corrected chi connectivity index (χ3v) is 8.69. The Morgan fingerprint density at radius 3 is 1.49 bits per heavy atom. The van der Waals surface area contributed by atoms with E-state index in [4.69, 9.17) is 19.9 Å². The number of aromatic nitrogens is 4. The van der Waals surface area contributed by atoms with Crippen molar-refractivity contribution in [3.05, 3.63) is 72.1 Å². The van der Waals surface area contributed by atoms with Gasteiger partial charge in [0.2, 0.25) is 11.9 Å². The average molecular weight is 845 g/mol. The monoisotopic (exact) mass is 844 g/mol. The van der Waals surface area contributed by atoms with E-state index < -0.39 is 29.4 Å². The van der Waals surface area contributed by atoms with Crippen molar-refractivity contribution in [3.63, 3.8) is 0 Å². The molecule has 0 saturated carbocycles. The first-order valence-corrected chi connectivity index (χ1v) is 20.1. The molecule has 5 N–H and O–H groups in total. The first-order chi connectivity index (χ1) is 28.5. The average Bonchev–Trinajstić information content (AvgIpc) is 3.15. The quantitative estimate of drug-likeness (QED) is 0.0824. The van der Waals surface area contributed by atoms with Crippen LogP contribution in [-0.4, -0.2) is 82.3 Å². The number of benzene rings is 2. The second-order valence-electron chi connectivity index (χ2n) is 17.3. The van der Waals surface area contributed by atoms with Gasteiger partial charge < -0.3 is 34.7 Å². The van der Waals surface area contributed by atoms with Crippen molar-refractivity contribution in [2.45, 2.75) is 106 Å². The van der Waals surface area contributed by atoms with Crippen LogP contribution in [0.15, 0.2) is 60.9 Å². The van der Waals surface area contributed by atoms with Gasteiger partial charge in [-0.15, -0.1) is 0 Å². The summed E-state index contributed by atoms with van der Waals surface area (Å²) in [5.74, 6) is 2.69. The van der Waals surface area contributed by atoms with E-state index >= 15 is 0 Å². The van der Waals surface area contributed by atoms with Gasteiger partial charge in [-0.1, -0.05) is 27.7 Å². The molecule has 2 aromatic carbocycles. The van der Waals surface area contributed by atoms with E-state index in [0.29, 0.717) is 35.6 Å². The molecule has 16 nitrogen and oxygen atoms in total. The fourth-order valence-corrected chi connectivity index (χ4v) is 6.45. The zero-order valence-electron chi connectivity index (χ0n) is 37.9. The molecular weight excluding hydrogens is 781 g/mol. The van der Waals surface area contributed by atoms with Crippen LogP contribution in [-0.2, 0) is 14.2 Å². The number of amides is 3. The minimum absolute atomic E-state index is 0.153. The molecule has 2 aromatic heterocycles. The fourth-order valence-electron chi connectivity index (χ4n) is 6.45. The van der Waals surface area contributed by atoms with Gasteiger partial charge in [0.1, 0.15) is 30.3 Å². The predicted molar refractivity (Wildman–Crippen MR) is 237 cm³/mol. The van der Waals surface area contributed by atoms with E-state index in [1.54, 1.807) is 24.5 Å². The Bertz CT molecular complexity index is 2090. The fraction of sp³-hybridized carbons (Fsp3) is 0.489. The Labute approximate surface area is 360 Å². The van der Waals surface area contributed by atoms with Crippen LogP contribution in [0.2, 0.25) is 0 Å². The van der Waals surface area contributed by atoms with Crippen LogP contribution in [0.25, 0.3) is 22.5 Å². The second kappa shape index (κ2) is 22.0. The molecule has 4 rings (SSSR count). The van der Waals surface area contributed by atoms with Crippen LogP contribution in [0.3, 0.4) is 0 Å². The summed E-state index contributed by atoms with van der Waals surface area (Å²) in [5, 5.41) is 7.90.